The van der Waals surface area contributed by atoms with Gasteiger partial charge in [0.15, 0.2) is 0 Å². The number of amides is 1. The molecular formula is C17H24N4O. The minimum atomic E-state index is 0.132. The van der Waals surface area contributed by atoms with Crippen LogP contribution in [-0.2, 0) is 4.79 Å². The summed E-state index contributed by atoms with van der Waals surface area (Å²) in [5.74, 6) is 0.595. The van der Waals surface area contributed by atoms with E-state index in [-0.39, 0.29) is 11.9 Å². The van der Waals surface area contributed by atoms with Crippen LogP contribution in [0.4, 0.5) is 5.69 Å². The zero-order valence-electron chi connectivity index (χ0n) is 12.8. The molecular weight excluding hydrogens is 276 g/mol. The standard InChI is InChI=1S/C17H24N4O/c18-14-4-3-13(10-14)11-17(22)21-8-5-15(6-9-21)20-16-2-1-7-19-12-16/h1-4,7,12-15,20H,5-6,8-11,18H2/t13-,14+/m1/s1. The number of carbonyl (C=O) groups excluding carboxylic acids is 1. The molecule has 0 radical (unpaired) electrons. The van der Waals surface area contributed by atoms with Gasteiger partial charge < -0.3 is 16.0 Å². The summed E-state index contributed by atoms with van der Waals surface area (Å²) in [4.78, 5) is 18.5. The Bertz CT molecular complexity index is 523. The predicted molar refractivity (Wildman–Crippen MR) is 87.3 cm³/mol. The Morgan fingerprint density at radius 3 is 2.82 bits per heavy atom. The van der Waals surface area contributed by atoms with Gasteiger partial charge in [-0.1, -0.05) is 12.2 Å². The molecule has 0 saturated carbocycles. The molecule has 1 aromatic heterocycles. The maximum absolute atomic E-state index is 12.3. The molecule has 1 amide bonds. The van der Waals surface area contributed by atoms with Crippen LogP contribution in [0.15, 0.2) is 36.7 Å². The molecule has 5 heteroatoms. The van der Waals surface area contributed by atoms with Crippen LogP contribution in [0.3, 0.4) is 0 Å². The fourth-order valence-corrected chi connectivity index (χ4v) is 3.27. The van der Waals surface area contributed by atoms with Crippen molar-refractivity contribution in [2.75, 3.05) is 18.4 Å². The second-order valence-corrected chi connectivity index (χ2v) is 6.29. The number of allylic oxidation sites excluding steroid dienone is 1. The van der Waals surface area contributed by atoms with E-state index in [1.807, 2.05) is 29.3 Å². The molecule has 5 nitrogen and oxygen atoms in total. The number of hydrogen-bond acceptors (Lipinski definition) is 4. The molecule has 1 aromatic rings. The first-order chi connectivity index (χ1) is 10.7. The lowest BCUT2D eigenvalue weighted by atomic mass is 10.0. The largest absolute Gasteiger partial charge is 0.381 e. The van der Waals surface area contributed by atoms with Crippen molar-refractivity contribution in [2.45, 2.75) is 37.8 Å². The van der Waals surface area contributed by atoms with Crippen molar-refractivity contribution in [1.82, 2.24) is 9.88 Å². The van der Waals surface area contributed by atoms with Gasteiger partial charge in [-0.05, 0) is 37.3 Å². The molecule has 3 rings (SSSR count). The van der Waals surface area contributed by atoms with Crippen LogP contribution in [-0.4, -0.2) is 41.0 Å². The van der Waals surface area contributed by atoms with E-state index in [9.17, 15) is 4.79 Å². The van der Waals surface area contributed by atoms with Gasteiger partial charge in [-0.15, -0.1) is 0 Å². The molecule has 1 aliphatic carbocycles. The normalized spacial score (nSPS) is 25.4. The third-order valence-electron chi connectivity index (χ3n) is 4.52. The summed E-state index contributed by atoms with van der Waals surface area (Å²) in [5, 5.41) is 3.49. The Morgan fingerprint density at radius 1 is 1.36 bits per heavy atom. The van der Waals surface area contributed by atoms with Crippen molar-refractivity contribution in [3.05, 3.63) is 36.7 Å². The van der Waals surface area contributed by atoms with E-state index < -0.39 is 0 Å². The van der Waals surface area contributed by atoms with Gasteiger partial charge >= 0.3 is 0 Å². The van der Waals surface area contributed by atoms with Crippen LogP contribution in [0.25, 0.3) is 0 Å². The number of aromatic nitrogens is 1. The first-order valence-electron chi connectivity index (χ1n) is 8.09. The molecule has 3 N–H and O–H groups in total. The molecule has 118 valence electrons. The maximum atomic E-state index is 12.3. The van der Waals surface area contributed by atoms with Gasteiger partial charge in [-0.3, -0.25) is 9.78 Å². The minimum Gasteiger partial charge on any atom is -0.381 e. The topological polar surface area (TPSA) is 71.2 Å². The average Bonchev–Trinajstić information content (AvgIpc) is 2.94. The number of rotatable bonds is 4. The van der Waals surface area contributed by atoms with Crippen LogP contribution >= 0.6 is 0 Å². The molecule has 0 bridgehead atoms. The molecule has 0 spiro atoms. The Morgan fingerprint density at radius 2 is 2.18 bits per heavy atom. The monoisotopic (exact) mass is 300 g/mol. The second-order valence-electron chi connectivity index (χ2n) is 6.29. The van der Waals surface area contributed by atoms with Crippen molar-refractivity contribution in [2.24, 2.45) is 11.7 Å². The summed E-state index contributed by atoms with van der Waals surface area (Å²) in [6.45, 7) is 1.67. The summed E-state index contributed by atoms with van der Waals surface area (Å²) in [6.07, 6.45) is 11.2. The predicted octanol–water partition coefficient (Wildman–Crippen LogP) is 1.78. The summed E-state index contributed by atoms with van der Waals surface area (Å²) < 4.78 is 0. The van der Waals surface area contributed by atoms with E-state index in [0.717, 1.165) is 38.0 Å². The number of hydrogen-bond donors (Lipinski definition) is 2. The maximum Gasteiger partial charge on any atom is 0.223 e. The smallest absolute Gasteiger partial charge is 0.223 e. The number of nitrogens with zero attached hydrogens (tertiary/aromatic N) is 2. The zero-order valence-corrected chi connectivity index (χ0v) is 12.8. The van der Waals surface area contributed by atoms with Crippen molar-refractivity contribution < 1.29 is 4.79 Å². The number of nitrogens with two attached hydrogens (primary N) is 1. The Kier molecular flexibility index (Phi) is 4.73. The number of anilines is 1. The first-order valence-corrected chi connectivity index (χ1v) is 8.09. The number of pyridine rings is 1. The van der Waals surface area contributed by atoms with E-state index in [4.69, 9.17) is 5.73 Å². The molecule has 1 aliphatic heterocycles. The van der Waals surface area contributed by atoms with Crippen LogP contribution in [0.1, 0.15) is 25.7 Å². The molecule has 2 atom stereocenters. The number of carbonyl (C=O) groups is 1. The van der Waals surface area contributed by atoms with E-state index in [1.165, 1.54) is 0 Å². The second kappa shape index (κ2) is 6.92. The molecule has 0 unspecified atom stereocenters. The van der Waals surface area contributed by atoms with Gasteiger partial charge in [0, 0.05) is 44.0 Å². The lowest BCUT2D eigenvalue weighted by molar-refractivity contribution is -0.132. The van der Waals surface area contributed by atoms with Gasteiger partial charge in [0.05, 0.1) is 5.69 Å². The van der Waals surface area contributed by atoms with Gasteiger partial charge in [-0.2, -0.15) is 0 Å². The molecule has 2 aliphatic rings. The molecule has 2 heterocycles. The summed E-state index contributed by atoms with van der Waals surface area (Å²) in [7, 11) is 0. The van der Waals surface area contributed by atoms with Crippen LogP contribution in [0.5, 0.6) is 0 Å². The van der Waals surface area contributed by atoms with Gasteiger partial charge in [-0.25, -0.2) is 0 Å². The van der Waals surface area contributed by atoms with Gasteiger partial charge in [0.1, 0.15) is 0 Å². The SMILES string of the molecule is N[C@H]1C=C[C@@H](CC(=O)N2CCC(Nc3cccnc3)CC2)C1. The highest BCUT2D eigenvalue weighted by Gasteiger charge is 2.25. The molecule has 0 aromatic carbocycles. The molecule has 1 fully saturated rings. The zero-order chi connectivity index (χ0) is 15.4. The first kappa shape index (κ1) is 15.0. The van der Waals surface area contributed by atoms with Crippen LogP contribution in [0, 0.1) is 5.92 Å². The number of piperidine rings is 1. The summed E-state index contributed by atoms with van der Waals surface area (Å²) >= 11 is 0. The van der Waals surface area contributed by atoms with Crippen molar-refractivity contribution in [3.8, 4) is 0 Å². The highest BCUT2D eigenvalue weighted by Crippen LogP contribution is 2.22. The average molecular weight is 300 g/mol. The molecule has 1 saturated heterocycles. The Balaban J connectivity index is 1.43. The molecule has 22 heavy (non-hydrogen) atoms. The quantitative estimate of drug-likeness (QED) is 0.832. The fourth-order valence-electron chi connectivity index (χ4n) is 3.27. The van der Waals surface area contributed by atoms with Crippen molar-refractivity contribution in [1.29, 1.82) is 0 Å². The highest BCUT2D eigenvalue weighted by atomic mass is 16.2. The van der Waals surface area contributed by atoms with Crippen molar-refractivity contribution >= 4 is 11.6 Å². The van der Waals surface area contributed by atoms with Gasteiger partial charge in [0.2, 0.25) is 5.91 Å². The van der Waals surface area contributed by atoms with Gasteiger partial charge in [0.25, 0.3) is 0 Å². The number of nitrogens with one attached hydrogen (secondary N) is 1. The lowest BCUT2D eigenvalue weighted by Crippen LogP contribution is -2.42. The number of likely N-dealkylation sites (tertiary alicyclic amines) is 1. The van der Waals surface area contributed by atoms with E-state index >= 15 is 0 Å². The fraction of sp³-hybridized carbons (Fsp3) is 0.529. The van der Waals surface area contributed by atoms with Crippen molar-refractivity contribution in [3.63, 3.8) is 0 Å². The highest BCUT2D eigenvalue weighted by molar-refractivity contribution is 5.77. The van der Waals surface area contributed by atoms with Crippen LogP contribution in [0.2, 0.25) is 0 Å². The Labute approximate surface area is 131 Å². The van der Waals surface area contributed by atoms with E-state index in [2.05, 4.69) is 16.4 Å². The third-order valence-corrected chi connectivity index (χ3v) is 4.52. The Hall–Kier alpha value is -1.88. The minimum absolute atomic E-state index is 0.132. The third kappa shape index (κ3) is 3.85. The lowest BCUT2D eigenvalue weighted by Gasteiger charge is -2.33. The van der Waals surface area contributed by atoms with Crippen LogP contribution < -0.4 is 11.1 Å². The van der Waals surface area contributed by atoms with E-state index in [0.29, 0.717) is 18.4 Å². The summed E-state index contributed by atoms with van der Waals surface area (Å²) in [5.41, 5.74) is 6.90. The summed E-state index contributed by atoms with van der Waals surface area (Å²) in [6, 6.07) is 4.52. The van der Waals surface area contributed by atoms with E-state index in [1.54, 1.807) is 6.20 Å².